The Balaban J connectivity index is 1.32. The highest BCUT2D eigenvalue weighted by Crippen LogP contribution is 2.29. The SMILES string of the molecule is CC1CC(C(=O)N2C[C@H]3CC[C@@H]2CN(CCCc2ccccc2)C3)NN1. The number of hydrogen-bond acceptors (Lipinski definition) is 4. The highest BCUT2D eigenvalue weighted by atomic mass is 16.2. The average molecular weight is 357 g/mol. The van der Waals surface area contributed by atoms with Crippen LogP contribution in [0, 0.1) is 5.92 Å². The van der Waals surface area contributed by atoms with Gasteiger partial charge in [0.1, 0.15) is 6.04 Å². The predicted octanol–water partition coefficient (Wildman–Crippen LogP) is 1.80. The Morgan fingerprint density at radius 3 is 2.73 bits per heavy atom. The second kappa shape index (κ2) is 8.07. The number of fused-ring (bicyclic) bond motifs is 4. The molecule has 2 N–H and O–H groups in total. The number of piperidine rings is 1. The lowest BCUT2D eigenvalue weighted by atomic mass is 9.94. The maximum absolute atomic E-state index is 13.0. The Bertz CT molecular complexity index is 607. The third-order valence-electron chi connectivity index (χ3n) is 6.25. The van der Waals surface area contributed by atoms with Crippen molar-refractivity contribution in [2.75, 3.05) is 26.2 Å². The zero-order valence-electron chi connectivity index (χ0n) is 15.9. The van der Waals surface area contributed by atoms with Crippen LogP contribution in [0.5, 0.6) is 0 Å². The van der Waals surface area contributed by atoms with E-state index in [1.54, 1.807) is 0 Å². The minimum absolute atomic E-state index is 0.0455. The zero-order valence-corrected chi connectivity index (χ0v) is 15.9. The van der Waals surface area contributed by atoms with Gasteiger partial charge in [-0.3, -0.25) is 10.2 Å². The van der Waals surface area contributed by atoms with E-state index in [2.05, 4.69) is 57.9 Å². The smallest absolute Gasteiger partial charge is 0.241 e. The molecule has 5 rings (SSSR count). The summed E-state index contributed by atoms with van der Waals surface area (Å²) in [5, 5.41) is 0. The summed E-state index contributed by atoms with van der Waals surface area (Å²) in [6.45, 7) is 6.42. The summed E-state index contributed by atoms with van der Waals surface area (Å²) in [5.41, 5.74) is 7.81. The van der Waals surface area contributed by atoms with Gasteiger partial charge in [-0.25, -0.2) is 5.43 Å². The second-order valence-corrected chi connectivity index (χ2v) is 8.41. The van der Waals surface area contributed by atoms with E-state index in [-0.39, 0.29) is 6.04 Å². The fourth-order valence-electron chi connectivity index (χ4n) is 4.86. The highest BCUT2D eigenvalue weighted by molar-refractivity contribution is 5.82. The van der Waals surface area contributed by atoms with Crippen molar-refractivity contribution in [3.63, 3.8) is 0 Å². The lowest BCUT2D eigenvalue weighted by molar-refractivity contribution is -0.137. The van der Waals surface area contributed by atoms with Crippen molar-refractivity contribution in [3.05, 3.63) is 35.9 Å². The van der Waals surface area contributed by atoms with E-state index >= 15 is 0 Å². The number of carbonyl (C=O) groups excluding carboxylic acids is 1. The average Bonchev–Trinajstić information content (AvgIpc) is 2.90. The summed E-state index contributed by atoms with van der Waals surface area (Å²) in [6, 6.07) is 11.5. The molecule has 1 amide bonds. The molecule has 142 valence electrons. The monoisotopic (exact) mass is 356 g/mol. The molecule has 5 heteroatoms. The van der Waals surface area contributed by atoms with Gasteiger partial charge in [0.05, 0.1) is 0 Å². The van der Waals surface area contributed by atoms with E-state index in [0.717, 1.165) is 39.0 Å². The molecule has 1 aromatic carbocycles. The predicted molar refractivity (Wildman–Crippen MR) is 104 cm³/mol. The summed E-state index contributed by atoms with van der Waals surface area (Å²) < 4.78 is 0. The van der Waals surface area contributed by atoms with Crippen LogP contribution in [0.15, 0.2) is 30.3 Å². The van der Waals surface area contributed by atoms with Crippen LogP contribution < -0.4 is 10.9 Å². The van der Waals surface area contributed by atoms with Crippen molar-refractivity contribution in [2.24, 2.45) is 5.92 Å². The Morgan fingerprint density at radius 2 is 1.96 bits per heavy atom. The van der Waals surface area contributed by atoms with Crippen molar-refractivity contribution < 1.29 is 4.79 Å². The molecule has 0 aromatic heterocycles. The molecule has 0 spiro atoms. The molecule has 4 aliphatic rings. The van der Waals surface area contributed by atoms with Crippen LogP contribution in [0.25, 0.3) is 0 Å². The minimum atomic E-state index is -0.0455. The topological polar surface area (TPSA) is 47.6 Å². The molecular formula is C21H32N4O. The Morgan fingerprint density at radius 1 is 1.12 bits per heavy atom. The van der Waals surface area contributed by atoms with Gasteiger partial charge in [-0.15, -0.1) is 0 Å². The van der Waals surface area contributed by atoms with Crippen LogP contribution in [0.4, 0.5) is 0 Å². The third kappa shape index (κ3) is 4.11. The first-order valence-corrected chi connectivity index (χ1v) is 10.3. The van der Waals surface area contributed by atoms with Gasteiger partial charge in [-0.05, 0) is 57.1 Å². The fourth-order valence-corrected chi connectivity index (χ4v) is 4.86. The summed E-state index contributed by atoms with van der Waals surface area (Å²) in [6.07, 6.45) is 5.68. The number of nitrogens with one attached hydrogen (secondary N) is 2. The highest BCUT2D eigenvalue weighted by Gasteiger charge is 2.40. The van der Waals surface area contributed by atoms with E-state index in [4.69, 9.17) is 0 Å². The molecule has 0 aliphatic carbocycles. The maximum atomic E-state index is 13.0. The molecule has 0 saturated carbocycles. The van der Waals surface area contributed by atoms with Crippen LogP contribution >= 0.6 is 0 Å². The van der Waals surface area contributed by atoms with E-state index < -0.39 is 0 Å². The molecule has 4 fully saturated rings. The van der Waals surface area contributed by atoms with Crippen LogP contribution in [-0.4, -0.2) is 60.0 Å². The zero-order chi connectivity index (χ0) is 17.9. The van der Waals surface area contributed by atoms with Gasteiger partial charge in [-0.2, -0.15) is 0 Å². The Hall–Kier alpha value is -1.43. The summed E-state index contributed by atoms with van der Waals surface area (Å²) in [5.74, 6) is 0.948. The fraction of sp³-hybridized carbons (Fsp3) is 0.667. The largest absolute Gasteiger partial charge is 0.337 e. The van der Waals surface area contributed by atoms with Gasteiger partial charge in [0, 0.05) is 31.7 Å². The first-order valence-electron chi connectivity index (χ1n) is 10.3. The van der Waals surface area contributed by atoms with E-state index in [1.165, 1.54) is 24.8 Å². The van der Waals surface area contributed by atoms with Crippen LogP contribution in [0.1, 0.15) is 38.2 Å². The number of hydrogen-bond donors (Lipinski definition) is 2. The van der Waals surface area contributed by atoms with Crippen LogP contribution in [0.3, 0.4) is 0 Å². The minimum Gasteiger partial charge on any atom is -0.337 e. The number of amides is 1. The normalized spacial score (nSPS) is 32.0. The van der Waals surface area contributed by atoms with Gasteiger partial charge in [0.25, 0.3) is 0 Å². The first-order chi connectivity index (χ1) is 12.7. The van der Waals surface area contributed by atoms with Crippen LogP contribution in [-0.2, 0) is 11.2 Å². The van der Waals surface area contributed by atoms with Crippen molar-refractivity contribution in [1.29, 1.82) is 0 Å². The number of benzene rings is 1. The summed E-state index contributed by atoms with van der Waals surface area (Å²) in [4.78, 5) is 17.8. The molecule has 2 unspecified atom stereocenters. The maximum Gasteiger partial charge on any atom is 0.241 e. The van der Waals surface area contributed by atoms with Crippen molar-refractivity contribution in [3.8, 4) is 0 Å². The quantitative estimate of drug-likeness (QED) is 0.845. The number of rotatable bonds is 5. The number of aryl methyl sites for hydroxylation is 1. The summed E-state index contributed by atoms with van der Waals surface area (Å²) >= 11 is 0. The van der Waals surface area contributed by atoms with Crippen molar-refractivity contribution >= 4 is 5.91 Å². The molecular weight excluding hydrogens is 324 g/mol. The van der Waals surface area contributed by atoms with Gasteiger partial charge >= 0.3 is 0 Å². The second-order valence-electron chi connectivity index (χ2n) is 8.41. The van der Waals surface area contributed by atoms with E-state index in [9.17, 15) is 4.79 Å². The molecule has 4 heterocycles. The standard InChI is InChI=1S/C21H32N4O/c1-16-12-20(23-22-16)21(26)25-14-18-9-10-19(25)15-24(13-18)11-5-8-17-6-3-2-4-7-17/h2-4,6-7,16,18-20,22-23H,5,8-15H2,1H3/t16?,18-,19+,20?/m0/s1. The van der Waals surface area contributed by atoms with Gasteiger partial charge in [0.2, 0.25) is 5.91 Å². The number of nitrogens with zero attached hydrogens (tertiary/aromatic N) is 2. The van der Waals surface area contributed by atoms with E-state index in [0.29, 0.717) is 23.9 Å². The third-order valence-corrected chi connectivity index (χ3v) is 6.25. The number of hydrazine groups is 1. The van der Waals surface area contributed by atoms with Gasteiger partial charge in [-0.1, -0.05) is 30.3 Å². The molecule has 0 radical (unpaired) electrons. The molecule has 26 heavy (non-hydrogen) atoms. The number of carbonyl (C=O) groups is 1. The van der Waals surface area contributed by atoms with Crippen molar-refractivity contribution in [1.82, 2.24) is 20.7 Å². The summed E-state index contributed by atoms with van der Waals surface area (Å²) in [7, 11) is 0. The molecule has 4 atom stereocenters. The Kier molecular flexibility index (Phi) is 5.57. The van der Waals surface area contributed by atoms with Crippen LogP contribution in [0.2, 0.25) is 0 Å². The Labute approximate surface area is 157 Å². The lowest BCUT2D eigenvalue weighted by Crippen LogP contribution is -2.53. The molecule has 4 aliphatic heterocycles. The van der Waals surface area contributed by atoms with Gasteiger partial charge < -0.3 is 9.80 Å². The van der Waals surface area contributed by atoms with Crippen molar-refractivity contribution in [2.45, 2.75) is 57.2 Å². The molecule has 5 nitrogen and oxygen atoms in total. The molecule has 4 saturated heterocycles. The van der Waals surface area contributed by atoms with Gasteiger partial charge in [0.15, 0.2) is 0 Å². The molecule has 2 bridgehead atoms. The van der Waals surface area contributed by atoms with E-state index in [1.807, 2.05) is 0 Å². The lowest BCUT2D eigenvalue weighted by Gasteiger charge is -2.37. The first kappa shape index (κ1) is 18.0. The molecule has 1 aromatic rings.